The molecular formula is C44H30O. The first-order valence-electron chi connectivity index (χ1n) is 15.7. The van der Waals surface area contributed by atoms with Crippen LogP contribution in [-0.4, -0.2) is 0 Å². The highest BCUT2D eigenvalue weighted by Crippen LogP contribution is 2.45. The molecule has 1 heteroatoms. The highest BCUT2D eigenvalue weighted by molar-refractivity contribution is 6.22. The molecule has 1 aromatic heterocycles. The minimum Gasteiger partial charge on any atom is -0.456 e. The van der Waals surface area contributed by atoms with Gasteiger partial charge in [0.2, 0.25) is 0 Å². The predicted molar refractivity (Wildman–Crippen MR) is 191 cm³/mol. The lowest BCUT2D eigenvalue weighted by atomic mass is 9.86. The molecule has 1 aliphatic rings. The second-order valence-corrected chi connectivity index (χ2v) is 12.0. The van der Waals surface area contributed by atoms with E-state index in [1.165, 1.54) is 66.1 Å². The Morgan fingerprint density at radius 3 is 1.73 bits per heavy atom. The van der Waals surface area contributed by atoms with Gasteiger partial charge in [-0.2, -0.15) is 0 Å². The molecule has 1 nitrogen and oxygen atoms in total. The van der Waals surface area contributed by atoms with Gasteiger partial charge in [-0.15, -0.1) is 0 Å². The minimum absolute atomic E-state index is 0.910. The van der Waals surface area contributed by atoms with Gasteiger partial charge in [-0.1, -0.05) is 127 Å². The second-order valence-electron chi connectivity index (χ2n) is 12.0. The summed E-state index contributed by atoms with van der Waals surface area (Å²) in [6.07, 6.45) is 8.84. The van der Waals surface area contributed by atoms with Crippen molar-refractivity contribution >= 4 is 49.1 Å². The highest BCUT2D eigenvalue weighted by atomic mass is 16.3. The number of furan rings is 1. The number of benzene rings is 7. The fourth-order valence-electron chi connectivity index (χ4n) is 7.21. The quantitative estimate of drug-likeness (QED) is 0.191. The SMILES string of the molecule is C1=CCCC(c2cccc(-c3ccc4c(c3)oc3ccc(-c5c6ccccc6c(-c6ccccc6)c6ccccc56)cc34)c2)=C1. The summed E-state index contributed by atoms with van der Waals surface area (Å²) < 4.78 is 6.48. The summed E-state index contributed by atoms with van der Waals surface area (Å²) in [6, 6.07) is 50.6. The molecule has 212 valence electrons. The van der Waals surface area contributed by atoms with E-state index in [1.807, 2.05) is 0 Å². The van der Waals surface area contributed by atoms with Crippen molar-refractivity contribution in [1.29, 1.82) is 0 Å². The van der Waals surface area contributed by atoms with Gasteiger partial charge in [-0.25, -0.2) is 0 Å². The molecule has 0 aliphatic heterocycles. The van der Waals surface area contributed by atoms with Gasteiger partial charge in [0.1, 0.15) is 11.2 Å². The summed E-state index contributed by atoms with van der Waals surface area (Å²) in [5.41, 5.74) is 11.9. The van der Waals surface area contributed by atoms with E-state index in [4.69, 9.17) is 4.42 Å². The number of fused-ring (bicyclic) bond motifs is 5. The number of hydrogen-bond donors (Lipinski definition) is 0. The molecule has 0 unspecified atom stereocenters. The first-order valence-corrected chi connectivity index (χ1v) is 15.7. The van der Waals surface area contributed by atoms with Crippen LogP contribution in [0.3, 0.4) is 0 Å². The van der Waals surface area contributed by atoms with Crippen molar-refractivity contribution in [1.82, 2.24) is 0 Å². The van der Waals surface area contributed by atoms with Crippen LogP contribution in [0.2, 0.25) is 0 Å². The zero-order valence-electron chi connectivity index (χ0n) is 24.8. The van der Waals surface area contributed by atoms with Crippen LogP contribution in [-0.2, 0) is 0 Å². The van der Waals surface area contributed by atoms with Crippen molar-refractivity contribution in [3.8, 4) is 33.4 Å². The van der Waals surface area contributed by atoms with E-state index in [9.17, 15) is 0 Å². The lowest BCUT2D eigenvalue weighted by Gasteiger charge is -2.17. The molecule has 9 rings (SSSR count). The molecule has 0 N–H and O–H groups in total. The van der Waals surface area contributed by atoms with Gasteiger partial charge in [-0.3, -0.25) is 0 Å². The van der Waals surface area contributed by atoms with E-state index >= 15 is 0 Å². The van der Waals surface area contributed by atoms with Gasteiger partial charge >= 0.3 is 0 Å². The van der Waals surface area contributed by atoms with Crippen LogP contribution in [0, 0.1) is 0 Å². The Kier molecular flexibility index (Phi) is 6.02. The van der Waals surface area contributed by atoms with Gasteiger partial charge < -0.3 is 4.42 Å². The molecule has 0 radical (unpaired) electrons. The third kappa shape index (κ3) is 4.31. The molecule has 0 spiro atoms. The molecule has 7 aromatic carbocycles. The molecule has 0 fully saturated rings. The molecule has 1 aliphatic carbocycles. The average Bonchev–Trinajstić information content (AvgIpc) is 3.48. The summed E-state index contributed by atoms with van der Waals surface area (Å²) in [5.74, 6) is 0. The second kappa shape index (κ2) is 10.5. The van der Waals surface area contributed by atoms with Crippen molar-refractivity contribution in [3.63, 3.8) is 0 Å². The molecule has 45 heavy (non-hydrogen) atoms. The van der Waals surface area contributed by atoms with Gasteiger partial charge in [0, 0.05) is 10.8 Å². The van der Waals surface area contributed by atoms with E-state index in [2.05, 4.69) is 158 Å². The van der Waals surface area contributed by atoms with Crippen LogP contribution in [0.5, 0.6) is 0 Å². The Morgan fingerprint density at radius 2 is 1.02 bits per heavy atom. The number of hydrogen-bond acceptors (Lipinski definition) is 1. The molecule has 8 aromatic rings. The molecule has 0 atom stereocenters. The Hall–Kier alpha value is -5.66. The number of allylic oxidation sites excluding steroid dienone is 4. The maximum Gasteiger partial charge on any atom is 0.136 e. The molecule has 0 bridgehead atoms. The lowest BCUT2D eigenvalue weighted by molar-refractivity contribution is 0.669. The van der Waals surface area contributed by atoms with Crippen molar-refractivity contribution in [2.24, 2.45) is 0 Å². The zero-order valence-corrected chi connectivity index (χ0v) is 24.8. The van der Waals surface area contributed by atoms with Crippen LogP contribution in [0.25, 0.3) is 82.4 Å². The summed E-state index contributed by atoms with van der Waals surface area (Å²) in [4.78, 5) is 0. The first-order chi connectivity index (χ1) is 22.3. The molecule has 1 heterocycles. The Morgan fingerprint density at radius 1 is 0.400 bits per heavy atom. The van der Waals surface area contributed by atoms with E-state index in [-0.39, 0.29) is 0 Å². The molecule has 0 amide bonds. The Balaban J connectivity index is 1.21. The van der Waals surface area contributed by atoms with Crippen LogP contribution in [0.1, 0.15) is 18.4 Å². The third-order valence-electron chi connectivity index (χ3n) is 9.33. The van der Waals surface area contributed by atoms with Gasteiger partial charge in [-0.05, 0) is 109 Å². The van der Waals surface area contributed by atoms with E-state index < -0.39 is 0 Å². The maximum absolute atomic E-state index is 6.48. The predicted octanol–water partition coefficient (Wildman–Crippen LogP) is 12.6. The standard InChI is InChI=1S/C44H30O/c1-3-12-29(13-4-1)31-16-11-17-32(26-31)33-22-24-35-40-27-34(23-25-41(40)45-42(35)28-33)44-38-20-9-7-18-36(38)43(30-14-5-2-6-15-30)37-19-8-10-21-39(37)44/h1-3,5-12,14-28H,4,13H2. The van der Waals surface area contributed by atoms with E-state index in [0.29, 0.717) is 0 Å². The molecule has 0 saturated carbocycles. The normalized spacial score (nSPS) is 13.2. The van der Waals surface area contributed by atoms with Gasteiger partial charge in [0.05, 0.1) is 0 Å². The Labute approximate surface area is 262 Å². The van der Waals surface area contributed by atoms with Crippen molar-refractivity contribution < 1.29 is 4.42 Å². The van der Waals surface area contributed by atoms with Crippen LogP contribution in [0.15, 0.2) is 162 Å². The van der Waals surface area contributed by atoms with Gasteiger partial charge in [0.15, 0.2) is 0 Å². The average molecular weight is 575 g/mol. The largest absolute Gasteiger partial charge is 0.456 e. The number of rotatable bonds is 4. The van der Waals surface area contributed by atoms with Crippen molar-refractivity contribution in [2.75, 3.05) is 0 Å². The van der Waals surface area contributed by atoms with E-state index in [1.54, 1.807) is 0 Å². The molecular weight excluding hydrogens is 544 g/mol. The lowest BCUT2D eigenvalue weighted by Crippen LogP contribution is -1.90. The third-order valence-corrected chi connectivity index (χ3v) is 9.33. The van der Waals surface area contributed by atoms with E-state index in [0.717, 1.165) is 34.8 Å². The summed E-state index contributed by atoms with van der Waals surface area (Å²) in [5, 5.41) is 7.33. The fraction of sp³-hybridized carbons (Fsp3) is 0.0455. The molecule has 0 saturated heterocycles. The Bertz CT molecular complexity index is 2410. The minimum atomic E-state index is 0.910. The fourth-order valence-corrected chi connectivity index (χ4v) is 7.21. The topological polar surface area (TPSA) is 13.1 Å². The van der Waals surface area contributed by atoms with Crippen molar-refractivity contribution in [2.45, 2.75) is 12.8 Å². The highest BCUT2D eigenvalue weighted by Gasteiger charge is 2.18. The van der Waals surface area contributed by atoms with Crippen LogP contribution < -0.4 is 0 Å². The van der Waals surface area contributed by atoms with Gasteiger partial charge in [0.25, 0.3) is 0 Å². The van der Waals surface area contributed by atoms with Crippen molar-refractivity contribution in [3.05, 3.63) is 163 Å². The smallest absolute Gasteiger partial charge is 0.136 e. The monoisotopic (exact) mass is 574 g/mol. The summed E-state index contributed by atoms with van der Waals surface area (Å²) in [6.45, 7) is 0. The van der Waals surface area contributed by atoms with Crippen LogP contribution >= 0.6 is 0 Å². The zero-order chi connectivity index (χ0) is 29.7. The van der Waals surface area contributed by atoms with Crippen LogP contribution in [0.4, 0.5) is 0 Å². The maximum atomic E-state index is 6.48. The summed E-state index contributed by atoms with van der Waals surface area (Å²) >= 11 is 0. The summed E-state index contributed by atoms with van der Waals surface area (Å²) in [7, 11) is 0. The first kappa shape index (κ1) is 25.8.